The summed E-state index contributed by atoms with van der Waals surface area (Å²) >= 11 is 0. The van der Waals surface area contributed by atoms with Crippen molar-refractivity contribution in [3.8, 4) is 11.5 Å². The largest absolute Gasteiger partial charge is 0.486 e. The number of nitrogens with one attached hydrogen (secondary N) is 1. The van der Waals surface area contributed by atoms with Crippen LogP contribution in [0.2, 0.25) is 0 Å². The highest BCUT2D eigenvalue weighted by molar-refractivity contribution is 5.96. The number of ether oxygens (including phenoxy) is 3. The number of nitro groups is 1. The Kier molecular flexibility index (Phi) is 5.79. The minimum absolute atomic E-state index is 0.192. The number of rotatable bonds is 6. The fourth-order valence-electron chi connectivity index (χ4n) is 2.12. The van der Waals surface area contributed by atoms with Gasteiger partial charge in [-0.3, -0.25) is 14.9 Å². The maximum absolute atomic E-state index is 12.3. The normalized spacial score (nSPS) is 13.9. The molecule has 2 rings (SSSR count). The van der Waals surface area contributed by atoms with Gasteiger partial charge in [-0.1, -0.05) is 13.8 Å². The van der Waals surface area contributed by atoms with Crippen LogP contribution in [0, 0.1) is 16.0 Å². The molecule has 0 aliphatic carbocycles. The first-order chi connectivity index (χ1) is 11.8. The average Bonchev–Trinajstić information content (AvgIpc) is 2.58. The predicted octanol–water partition coefficient (Wildman–Crippen LogP) is 1.68. The van der Waals surface area contributed by atoms with Gasteiger partial charge in [0.15, 0.2) is 17.6 Å². The van der Waals surface area contributed by atoms with Crippen LogP contribution in [0.1, 0.15) is 31.1 Å². The molecule has 1 aliphatic heterocycles. The Morgan fingerprint density at radius 2 is 1.84 bits per heavy atom. The molecular formula is C16H20N2O7. The molecule has 0 unspecified atom stereocenters. The number of fused-ring (bicyclic) bond motifs is 1. The van der Waals surface area contributed by atoms with Gasteiger partial charge >= 0.3 is 5.97 Å². The van der Waals surface area contributed by atoms with Gasteiger partial charge in [0.25, 0.3) is 11.6 Å². The SMILES string of the molecule is CC(C)CNC(=O)[C@@H](C)OC(=O)c1cc2c(cc1[N+](=O)[O-])OCCO2. The first-order valence-corrected chi connectivity index (χ1v) is 7.86. The highest BCUT2D eigenvalue weighted by Gasteiger charge is 2.29. The van der Waals surface area contributed by atoms with E-state index in [2.05, 4.69) is 5.32 Å². The molecule has 1 N–H and O–H groups in total. The second-order valence-corrected chi connectivity index (χ2v) is 5.96. The first-order valence-electron chi connectivity index (χ1n) is 7.86. The second-order valence-electron chi connectivity index (χ2n) is 5.96. The van der Waals surface area contributed by atoms with E-state index in [0.717, 1.165) is 6.07 Å². The van der Waals surface area contributed by atoms with Crippen molar-refractivity contribution in [1.29, 1.82) is 0 Å². The molecule has 1 heterocycles. The monoisotopic (exact) mass is 352 g/mol. The zero-order chi connectivity index (χ0) is 18.6. The van der Waals surface area contributed by atoms with Gasteiger partial charge < -0.3 is 19.5 Å². The van der Waals surface area contributed by atoms with E-state index in [1.807, 2.05) is 13.8 Å². The Morgan fingerprint density at radius 1 is 1.24 bits per heavy atom. The van der Waals surface area contributed by atoms with Gasteiger partial charge in [0, 0.05) is 12.6 Å². The van der Waals surface area contributed by atoms with Gasteiger partial charge in [0.2, 0.25) is 0 Å². The third-order valence-corrected chi connectivity index (χ3v) is 3.41. The Morgan fingerprint density at radius 3 is 2.40 bits per heavy atom. The van der Waals surface area contributed by atoms with E-state index in [9.17, 15) is 19.7 Å². The Bertz CT molecular complexity index is 687. The number of carbonyl (C=O) groups is 2. The summed E-state index contributed by atoms with van der Waals surface area (Å²) in [7, 11) is 0. The van der Waals surface area contributed by atoms with Crippen LogP contribution in [0.15, 0.2) is 12.1 Å². The summed E-state index contributed by atoms with van der Waals surface area (Å²) in [6.45, 7) is 6.22. The number of carbonyl (C=O) groups excluding carboxylic acids is 2. The van der Waals surface area contributed by atoms with E-state index >= 15 is 0 Å². The number of amides is 1. The van der Waals surface area contributed by atoms with Crippen LogP contribution in [-0.2, 0) is 9.53 Å². The second kappa shape index (κ2) is 7.82. The van der Waals surface area contributed by atoms with Crippen molar-refractivity contribution in [2.24, 2.45) is 5.92 Å². The number of hydrogen-bond donors (Lipinski definition) is 1. The molecule has 1 aliphatic rings. The summed E-state index contributed by atoms with van der Waals surface area (Å²) in [5.74, 6) is -0.790. The topological polar surface area (TPSA) is 117 Å². The summed E-state index contributed by atoms with van der Waals surface area (Å²) < 4.78 is 15.7. The quantitative estimate of drug-likeness (QED) is 0.470. The van der Waals surface area contributed by atoms with Gasteiger partial charge in [0.05, 0.1) is 11.0 Å². The summed E-state index contributed by atoms with van der Waals surface area (Å²) in [6, 6.07) is 2.32. The predicted molar refractivity (Wildman–Crippen MR) is 86.8 cm³/mol. The van der Waals surface area contributed by atoms with Crippen molar-refractivity contribution in [2.75, 3.05) is 19.8 Å². The molecule has 0 aromatic heterocycles. The van der Waals surface area contributed by atoms with Crippen LogP contribution in [0.5, 0.6) is 11.5 Å². The van der Waals surface area contributed by atoms with Crippen LogP contribution in [0.25, 0.3) is 0 Å². The molecule has 25 heavy (non-hydrogen) atoms. The van der Waals surface area contributed by atoms with E-state index in [1.54, 1.807) is 0 Å². The summed E-state index contributed by atoms with van der Waals surface area (Å²) in [6.07, 6.45) is -1.08. The van der Waals surface area contributed by atoms with Gasteiger partial charge in [-0.25, -0.2) is 4.79 Å². The maximum Gasteiger partial charge on any atom is 0.346 e. The van der Waals surface area contributed by atoms with E-state index in [1.165, 1.54) is 13.0 Å². The van der Waals surface area contributed by atoms with Crippen molar-refractivity contribution in [2.45, 2.75) is 26.9 Å². The third-order valence-electron chi connectivity index (χ3n) is 3.41. The average molecular weight is 352 g/mol. The molecule has 9 heteroatoms. The molecule has 0 saturated heterocycles. The van der Waals surface area contributed by atoms with Gasteiger partial charge in [-0.15, -0.1) is 0 Å². The molecule has 0 fully saturated rings. The van der Waals surface area contributed by atoms with Crippen LogP contribution in [-0.4, -0.2) is 42.7 Å². The maximum atomic E-state index is 12.3. The van der Waals surface area contributed by atoms with Crippen LogP contribution in [0.4, 0.5) is 5.69 Å². The minimum Gasteiger partial charge on any atom is -0.486 e. The lowest BCUT2D eigenvalue weighted by atomic mass is 10.1. The number of nitrogens with zero attached hydrogens (tertiary/aromatic N) is 1. The summed E-state index contributed by atoms with van der Waals surface area (Å²) in [4.78, 5) is 34.7. The number of benzene rings is 1. The van der Waals surface area contributed by atoms with Crippen LogP contribution >= 0.6 is 0 Å². The molecular weight excluding hydrogens is 332 g/mol. The van der Waals surface area contributed by atoms with E-state index < -0.39 is 28.6 Å². The zero-order valence-corrected chi connectivity index (χ0v) is 14.2. The summed E-state index contributed by atoms with van der Waals surface area (Å²) in [5, 5.41) is 13.9. The van der Waals surface area contributed by atoms with Gasteiger partial charge in [0.1, 0.15) is 18.8 Å². The van der Waals surface area contributed by atoms with E-state index in [-0.39, 0.29) is 36.2 Å². The standard InChI is InChI=1S/C16H20N2O7/c1-9(2)8-17-15(19)10(3)25-16(20)11-6-13-14(24-5-4-23-13)7-12(11)18(21)22/h6-7,9-10H,4-5,8H2,1-3H3,(H,17,19)/t10-/m1/s1. The lowest BCUT2D eigenvalue weighted by Crippen LogP contribution is -2.37. The van der Waals surface area contributed by atoms with Gasteiger partial charge in [-0.05, 0) is 12.8 Å². The molecule has 0 saturated carbocycles. The Labute approximate surface area is 144 Å². The fraction of sp³-hybridized carbons (Fsp3) is 0.500. The van der Waals surface area contributed by atoms with E-state index in [4.69, 9.17) is 14.2 Å². The van der Waals surface area contributed by atoms with Crippen molar-refractivity contribution in [1.82, 2.24) is 5.32 Å². The fourth-order valence-corrected chi connectivity index (χ4v) is 2.12. The zero-order valence-electron chi connectivity index (χ0n) is 14.2. The minimum atomic E-state index is -1.08. The number of nitro benzene ring substituents is 1. The smallest absolute Gasteiger partial charge is 0.346 e. The highest BCUT2D eigenvalue weighted by Crippen LogP contribution is 2.36. The Hall–Kier alpha value is -2.84. The van der Waals surface area contributed by atoms with E-state index in [0.29, 0.717) is 6.54 Å². The molecule has 0 bridgehead atoms. The van der Waals surface area contributed by atoms with Crippen molar-refractivity contribution in [3.63, 3.8) is 0 Å². The van der Waals surface area contributed by atoms with Crippen molar-refractivity contribution in [3.05, 3.63) is 27.8 Å². The molecule has 1 amide bonds. The molecule has 136 valence electrons. The van der Waals surface area contributed by atoms with Crippen LogP contribution in [0.3, 0.4) is 0 Å². The lowest BCUT2D eigenvalue weighted by Gasteiger charge is -2.19. The number of hydrogen-bond acceptors (Lipinski definition) is 7. The molecule has 0 radical (unpaired) electrons. The van der Waals surface area contributed by atoms with Crippen LogP contribution < -0.4 is 14.8 Å². The lowest BCUT2D eigenvalue weighted by molar-refractivity contribution is -0.385. The highest BCUT2D eigenvalue weighted by atomic mass is 16.6. The van der Waals surface area contributed by atoms with Crippen molar-refractivity contribution >= 4 is 17.6 Å². The molecule has 1 aromatic carbocycles. The third kappa shape index (κ3) is 4.59. The first kappa shape index (κ1) is 18.5. The number of esters is 1. The van der Waals surface area contributed by atoms with Gasteiger partial charge in [-0.2, -0.15) is 0 Å². The molecule has 0 spiro atoms. The van der Waals surface area contributed by atoms with Crippen molar-refractivity contribution < 1.29 is 28.7 Å². The molecule has 1 aromatic rings. The Balaban J connectivity index is 2.17. The molecule has 1 atom stereocenters. The molecule has 9 nitrogen and oxygen atoms in total. The summed E-state index contributed by atoms with van der Waals surface area (Å²) in [5.41, 5.74) is -0.762.